The van der Waals surface area contributed by atoms with Crippen LogP contribution in [0.2, 0.25) is 0 Å². The fourth-order valence-corrected chi connectivity index (χ4v) is 3.62. The molecule has 158 valence electrons. The van der Waals surface area contributed by atoms with Crippen LogP contribution in [-0.2, 0) is 15.6 Å². The molecule has 0 fully saturated rings. The van der Waals surface area contributed by atoms with Crippen molar-refractivity contribution in [2.24, 2.45) is 10.2 Å². The van der Waals surface area contributed by atoms with Crippen LogP contribution in [0, 0.1) is 0 Å². The van der Waals surface area contributed by atoms with E-state index in [-0.39, 0.29) is 16.6 Å². The number of aromatic hydroxyl groups is 1. The minimum absolute atomic E-state index is 0.0714. The molecule has 2 rings (SSSR count). The van der Waals surface area contributed by atoms with E-state index in [2.05, 4.69) is 57.8 Å². The topological polar surface area (TPSA) is 80.2 Å². The van der Waals surface area contributed by atoms with Gasteiger partial charge in [0.1, 0.15) is 17.1 Å². The number of phenolic OH excluding ortho intramolecular Hbond substituents is 1. The number of nitrogens with zero attached hydrogens (tertiary/aromatic N) is 2. The van der Waals surface area contributed by atoms with Crippen LogP contribution in [0.5, 0.6) is 5.75 Å². The zero-order chi connectivity index (χ0) is 21.8. The molecule has 2 aromatic carbocycles. The van der Waals surface area contributed by atoms with E-state index in [1.165, 1.54) is 0 Å². The largest absolute Gasteiger partial charge is 0.505 e. The Morgan fingerprint density at radius 1 is 0.966 bits per heavy atom. The Balaban J connectivity index is 2.39. The number of nitrogen functional groups attached to an aromatic ring is 1. The van der Waals surface area contributed by atoms with Gasteiger partial charge >= 0.3 is 0 Å². The van der Waals surface area contributed by atoms with Gasteiger partial charge in [0.05, 0.1) is 12.3 Å². The minimum atomic E-state index is -0.213. The summed E-state index contributed by atoms with van der Waals surface area (Å²) >= 11 is 1.68. The Morgan fingerprint density at radius 3 is 2.17 bits per heavy atom. The smallest absolute Gasteiger partial charge is 0.146 e. The van der Waals surface area contributed by atoms with E-state index in [0.717, 1.165) is 21.8 Å². The predicted molar refractivity (Wildman–Crippen MR) is 123 cm³/mol. The Kier molecular flexibility index (Phi) is 7.35. The van der Waals surface area contributed by atoms with Crippen LogP contribution in [0.15, 0.2) is 45.5 Å². The summed E-state index contributed by atoms with van der Waals surface area (Å²) in [5.41, 5.74) is 9.44. The SMILES string of the molecule is COCCSc1ccc(N=Nc2cc(C(C)(C)C)cc(C(C)(C)C)c2O)c(N)c1. The normalized spacial score (nSPS) is 12.7. The molecule has 0 unspecified atom stereocenters. The van der Waals surface area contributed by atoms with Crippen molar-refractivity contribution in [3.05, 3.63) is 41.5 Å². The summed E-state index contributed by atoms with van der Waals surface area (Å²) in [4.78, 5) is 1.06. The fraction of sp³-hybridized carbons (Fsp3) is 0.478. The van der Waals surface area contributed by atoms with E-state index >= 15 is 0 Å². The Bertz CT molecular complexity index is 881. The van der Waals surface area contributed by atoms with Crippen LogP contribution >= 0.6 is 11.8 Å². The first-order valence-electron chi connectivity index (χ1n) is 9.74. The molecule has 0 heterocycles. The molecule has 0 spiro atoms. The van der Waals surface area contributed by atoms with E-state index in [1.54, 1.807) is 18.9 Å². The van der Waals surface area contributed by atoms with Gasteiger partial charge in [-0.2, -0.15) is 0 Å². The third-order valence-corrected chi connectivity index (χ3v) is 5.54. The fourth-order valence-electron chi connectivity index (χ4n) is 2.76. The maximum atomic E-state index is 10.8. The molecular formula is C23H33N3O2S. The van der Waals surface area contributed by atoms with Crippen molar-refractivity contribution < 1.29 is 9.84 Å². The third kappa shape index (κ3) is 6.21. The molecule has 0 bridgehead atoms. The average Bonchev–Trinajstić information content (AvgIpc) is 2.60. The standard InChI is InChI=1S/C23H33N3O2S/c1-22(2,3)15-12-17(23(4,5)6)21(27)20(13-15)26-25-19-9-8-16(14-18(19)24)29-11-10-28-7/h8-9,12-14,27H,10-11,24H2,1-7H3. The van der Waals surface area contributed by atoms with Gasteiger partial charge in [0.15, 0.2) is 0 Å². The second kappa shape index (κ2) is 9.18. The zero-order valence-electron chi connectivity index (χ0n) is 18.5. The summed E-state index contributed by atoms with van der Waals surface area (Å²) in [6.45, 7) is 13.3. The van der Waals surface area contributed by atoms with E-state index in [4.69, 9.17) is 10.5 Å². The highest BCUT2D eigenvalue weighted by Gasteiger charge is 2.25. The van der Waals surface area contributed by atoms with Crippen molar-refractivity contribution in [1.29, 1.82) is 0 Å². The lowest BCUT2D eigenvalue weighted by Gasteiger charge is -2.26. The molecule has 0 aliphatic carbocycles. The lowest BCUT2D eigenvalue weighted by atomic mass is 9.80. The van der Waals surface area contributed by atoms with Crippen LogP contribution in [0.3, 0.4) is 0 Å². The molecule has 0 aromatic heterocycles. The predicted octanol–water partition coefficient (Wildman–Crippen LogP) is 6.72. The van der Waals surface area contributed by atoms with E-state index in [9.17, 15) is 5.11 Å². The van der Waals surface area contributed by atoms with Crippen molar-refractivity contribution in [2.75, 3.05) is 25.2 Å². The summed E-state index contributed by atoms with van der Waals surface area (Å²) in [6, 6.07) is 9.68. The highest BCUT2D eigenvalue weighted by molar-refractivity contribution is 7.99. The first-order chi connectivity index (χ1) is 13.4. The van der Waals surface area contributed by atoms with E-state index < -0.39 is 0 Å². The molecule has 0 atom stereocenters. The number of azo groups is 1. The first-order valence-corrected chi connectivity index (χ1v) is 10.7. The summed E-state index contributed by atoms with van der Waals surface area (Å²) in [6.07, 6.45) is 0. The zero-order valence-corrected chi connectivity index (χ0v) is 19.4. The molecule has 5 nitrogen and oxygen atoms in total. The lowest BCUT2D eigenvalue weighted by Crippen LogP contribution is -2.16. The number of anilines is 1. The number of hydrogen-bond donors (Lipinski definition) is 2. The number of hydrogen-bond acceptors (Lipinski definition) is 6. The van der Waals surface area contributed by atoms with Crippen molar-refractivity contribution in [3.8, 4) is 5.75 Å². The summed E-state index contributed by atoms with van der Waals surface area (Å²) < 4.78 is 5.07. The van der Waals surface area contributed by atoms with Crippen molar-refractivity contribution in [1.82, 2.24) is 0 Å². The summed E-state index contributed by atoms with van der Waals surface area (Å²) in [7, 11) is 1.69. The molecule has 0 saturated heterocycles. The number of ether oxygens (including phenoxy) is 1. The molecule has 2 aromatic rings. The number of benzene rings is 2. The van der Waals surface area contributed by atoms with Gasteiger partial charge in [-0.05, 0) is 40.7 Å². The molecule has 6 heteroatoms. The second-order valence-electron chi connectivity index (χ2n) is 9.15. The Labute approximate surface area is 178 Å². The van der Waals surface area contributed by atoms with E-state index in [1.807, 2.05) is 24.3 Å². The molecular weight excluding hydrogens is 382 g/mol. The molecule has 0 radical (unpaired) electrons. The number of methoxy groups -OCH3 is 1. The Hall–Kier alpha value is -2.05. The van der Waals surface area contributed by atoms with Gasteiger partial charge < -0.3 is 15.6 Å². The molecule has 0 aliphatic rings. The van der Waals surface area contributed by atoms with Gasteiger partial charge in [0.2, 0.25) is 0 Å². The maximum absolute atomic E-state index is 10.8. The molecule has 0 aliphatic heterocycles. The van der Waals surface area contributed by atoms with Crippen LogP contribution in [0.1, 0.15) is 52.7 Å². The number of thioether (sulfide) groups is 1. The average molecular weight is 416 g/mol. The van der Waals surface area contributed by atoms with Gasteiger partial charge in [0, 0.05) is 23.3 Å². The number of nitrogens with two attached hydrogens (primary N) is 1. The lowest BCUT2D eigenvalue weighted by molar-refractivity contribution is 0.218. The van der Waals surface area contributed by atoms with Gasteiger partial charge in [-0.15, -0.1) is 22.0 Å². The van der Waals surface area contributed by atoms with Gasteiger partial charge in [-0.1, -0.05) is 47.6 Å². The monoisotopic (exact) mass is 415 g/mol. The van der Waals surface area contributed by atoms with Gasteiger partial charge in [-0.25, -0.2) is 0 Å². The van der Waals surface area contributed by atoms with E-state index in [0.29, 0.717) is 23.7 Å². The van der Waals surface area contributed by atoms with Crippen LogP contribution < -0.4 is 5.73 Å². The van der Waals surface area contributed by atoms with Crippen molar-refractivity contribution in [2.45, 2.75) is 57.3 Å². The van der Waals surface area contributed by atoms with Crippen molar-refractivity contribution in [3.63, 3.8) is 0 Å². The van der Waals surface area contributed by atoms with Crippen molar-refractivity contribution >= 4 is 28.8 Å². The highest BCUT2D eigenvalue weighted by atomic mass is 32.2. The summed E-state index contributed by atoms with van der Waals surface area (Å²) in [5.74, 6) is 1.03. The molecule has 0 saturated carbocycles. The number of rotatable bonds is 6. The molecule has 3 N–H and O–H groups in total. The van der Waals surface area contributed by atoms with Crippen LogP contribution in [-0.4, -0.2) is 24.6 Å². The Morgan fingerprint density at radius 2 is 1.62 bits per heavy atom. The number of phenols is 1. The van der Waals surface area contributed by atoms with Gasteiger partial charge in [0.25, 0.3) is 0 Å². The van der Waals surface area contributed by atoms with Crippen LogP contribution in [0.4, 0.5) is 17.1 Å². The third-order valence-electron chi connectivity index (χ3n) is 4.58. The summed E-state index contributed by atoms with van der Waals surface area (Å²) in [5, 5.41) is 19.5. The first kappa shape index (κ1) is 23.2. The minimum Gasteiger partial charge on any atom is -0.505 e. The van der Waals surface area contributed by atoms with Gasteiger partial charge in [-0.3, -0.25) is 0 Å². The second-order valence-corrected chi connectivity index (χ2v) is 10.3. The highest BCUT2D eigenvalue weighted by Crippen LogP contribution is 2.42. The molecule has 0 amide bonds. The quantitative estimate of drug-likeness (QED) is 0.237. The molecule has 29 heavy (non-hydrogen) atoms. The maximum Gasteiger partial charge on any atom is 0.146 e. The van der Waals surface area contributed by atoms with Crippen LogP contribution in [0.25, 0.3) is 0 Å².